The summed E-state index contributed by atoms with van der Waals surface area (Å²) >= 11 is 0. The van der Waals surface area contributed by atoms with E-state index in [-0.39, 0.29) is 5.56 Å². The Morgan fingerprint density at radius 3 is 2.56 bits per heavy atom. The number of carboxylic acid groups (broad SMARTS) is 1. The Morgan fingerprint density at radius 1 is 1.39 bits per heavy atom. The van der Waals surface area contributed by atoms with Crippen molar-refractivity contribution in [2.24, 2.45) is 0 Å². The van der Waals surface area contributed by atoms with Crippen LogP contribution in [0.25, 0.3) is 0 Å². The number of piperazine rings is 1. The van der Waals surface area contributed by atoms with Gasteiger partial charge in [-0.3, -0.25) is 4.79 Å². The first-order valence-electron chi connectivity index (χ1n) is 5.55. The first-order valence-corrected chi connectivity index (χ1v) is 5.55. The molecule has 0 bridgehead atoms. The van der Waals surface area contributed by atoms with Crippen LogP contribution in [0.3, 0.4) is 0 Å². The van der Waals surface area contributed by atoms with Gasteiger partial charge < -0.3 is 20.6 Å². The Bertz CT molecular complexity index is 469. The minimum atomic E-state index is -1.05. The van der Waals surface area contributed by atoms with E-state index in [0.717, 1.165) is 6.41 Å². The SMILES string of the molecule is Nc1cc(C(=O)O)cnc1N1CCN(C=O)CC1. The summed E-state index contributed by atoms with van der Waals surface area (Å²) in [5, 5.41) is 8.82. The molecule has 0 saturated carbocycles. The van der Waals surface area contributed by atoms with E-state index in [4.69, 9.17) is 10.8 Å². The fourth-order valence-corrected chi connectivity index (χ4v) is 1.89. The Labute approximate surface area is 104 Å². The van der Waals surface area contributed by atoms with Gasteiger partial charge in [0.2, 0.25) is 6.41 Å². The third-order valence-corrected chi connectivity index (χ3v) is 2.90. The minimum Gasteiger partial charge on any atom is -0.478 e. The van der Waals surface area contributed by atoms with Gasteiger partial charge in [0.25, 0.3) is 0 Å². The van der Waals surface area contributed by atoms with Gasteiger partial charge in [0.15, 0.2) is 5.82 Å². The predicted molar refractivity (Wildman–Crippen MR) is 65.5 cm³/mol. The first kappa shape index (κ1) is 12.2. The summed E-state index contributed by atoms with van der Waals surface area (Å²) in [4.78, 5) is 29.1. The minimum absolute atomic E-state index is 0.0720. The molecular formula is C11H14N4O3. The molecule has 18 heavy (non-hydrogen) atoms. The third-order valence-electron chi connectivity index (χ3n) is 2.90. The van der Waals surface area contributed by atoms with Gasteiger partial charge in [-0.2, -0.15) is 0 Å². The summed E-state index contributed by atoms with van der Waals surface area (Å²) in [5.74, 6) is -0.475. The van der Waals surface area contributed by atoms with E-state index < -0.39 is 5.97 Å². The molecule has 1 fully saturated rings. The molecule has 2 rings (SSSR count). The van der Waals surface area contributed by atoms with Gasteiger partial charge in [-0.25, -0.2) is 9.78 Å². The molecule has 1 aromatic heterocycles. The quantitative estimate of drug-likeness (QED) is 0.711. The second-order valence-electron chi connectivity index (χ2n) is 4.07. The molecule has 2 heterocycles. The van der Waals surface area contributed by atoms with E-state index in [1.54, 1.807) is 4.90 Å². The number of nitrogen functional groups attached to an aromatic ring is 1. The number of carbonyl (C=O) groups excluding carboxylic acids is 1. The number of aromatic carboxylic acids is 1. The van der Waals surface area contributed by atoms with Crippen LogP contribution in [-0.4, -0.2) is 53.5 Å². The Morgan fingerprint density at radius 2 is 2.06 bits per heavy atom. The molecular weight excluding hydrogens is 236 g/mol. The van der Waals surface area contributed by atoms with Crippen LogP contribution in [0.1, 0.15) is 10.4 Å². The number of nitrogens with two attached hydrogens (primary N) is 1. The van der Waals surface area contributed by atoms with Crippen molar-refractivity contribution in [2.75, 3.05) is 36.8 Å². The zero-order chi connectivity index (χ0) is 13.1. The number of amides is 1. The van der Waals surface area contributed by atoms with Crippen molar-refractivity contribution in [1.29, 1.82) is 0 Å². The maximum absolute atomic E-state index is 10.8. The summed E-state index contributed by atoms with van der Waals surface area (Å²) in [6.45, 7) is 2.52. The summed E-state index contributed by atoms with van der Waals surface area (Å²) < 4.78 is 0. The largest absolute Gasteiger partial charge is 0.478 e. The number of rotatable bonds is 3. The molecule has 1 aliphatic rings. The number of carboxylic acids is 1. The molecule has 0 radical (unpaired) electrons. The average molecular weight is 250 g/mol. The van der Waals surface area contributed by atoms with Gasteiger partial charge in [0, 0.05) is 32.4 Å². The lowest BCUT2D eigenvalue weighted by atomic mass is 10.2. The number of nitrogens with zero attached hydrogens (tertiary/aromatic N) is 3. The highest BCUT2D eigenvalue weighted by Crippen LogP contribution is 2.22. The summed E-state index contributed by atoms with van der Waals surface area (Å²) in [5.41, 5.74) is 6.22. The Kier molecular flexibility index (Phi) is 3.31. The normalized spacial score (nSPS) is 15.6. The van der Waals surface area contributed by atoms with Crippen LogP contribution >= 0.6 is 0 Å². The molecule has 1 aliphatic heterocycles. The third kappa shape index (κ3) is 2.34. The number of anilines is 2. The maximum Gasteiger partial charge on any atom is 0.337 e. The molecule has 1 amide bonds. The molecule has 96 valence electrons. The van der Waals surface area contributed by atoms with Gasteiger partial charge in [0.05, 0.1) is 11.3 Å². The van der Waals surface area contributed by atoms with Crippen LogP contribution < -0.4 is 10.6 Å². The van der Waals surface area contributed by atoms with Gasteiger partial charge in [-0.05, 0) is 6.07 Å². The Hall–Kier alpha value is -2.31. The second-order valence-corrected chi connectivity index (χ2v) is 4.07. The first-order chi connectivity index (χ1) is 8.61. The molecule has 1 saturated heterocycles. The van der Waals surface area contributed by atoms with Gasteiger partial charge >= 0.3 is 5.97 Å². The number of carbonyl (C=O) groups is 2. The molecule has 0 spiro atoms. The summed E-state index contributed by atoms with van der Waals surface area (Å²) in [6, 6.07) is 1.40. The smallest absolute Gasteiger partial charge is 0.337 e. The zero-order valence-electron chi connectivity index (χ0n) is 9.74. The standard InChI is InChI=1S/C11H14N4O3/c12-9-5-8(11(17)18)6-13-10(9)15-3-1-14(7-16)2-4-15/h5-7H,1-4,12H2,(H,17,18). The van der Waals surface area contributed by atoms with E-state index in [0.29, 0.717) is 37.7 Å². The average Bonchev–Trinajstić information content (AvgIpc) is 2.38. The highest BCUT2D eigenvalue weighted by atomic mass is 16.4. The van der Waals surface area contributed by atoms with Crippen molar-refractivity contribution in [3.8, 4) is 0 Å². The lowest BCUT2D eigenvalue weighted by molar-refractivity contribution is -0.118. The predicted octanol–water partition coefficient (Wildman–Crippen LogP) is -0.360. The lowest BCUT2D eigenvalue weighted by Crippen LogP contribution is -2.46. The fraction of sp³-hybridized carbons (Fsp3) is 0.364. The number of pyridine rings is 1. The van der Waals surface area contributed by atoms with Gasteiger partial charge in [-0.1, -0.05) is 0 Å². The van der Waals surface area contributed by atoms with Crippen molar-refractivity contribution < 1.29 is 14.7 Å². The van der Waals surface area contributed by atoms with Gasteiger partial charge in [-0.15, -0.1) is 0 Å². The monoisotopic (exact) mass is 250 g/mol. The number of aromatic nitrogens is 1. The highest BCUT2D eigenvalue weighted by molar-refractivity contribution is 5.89. The molecule has 7 heteroatoms. The Balaban J connectivity index is 2.14. The van der Waals surface area contributed by atoms with Crippen molar-refractivity contribution in [3.05, 3.63) is 17.8 Å². The van der Waals surface area contributed by atoms with Crippen LogP contribution in [0.5, 0.6) is 0 Å². The molecule has 0 aromatic carbocycles. The molecule has 3 N–H and O–H groups in total. The zero-order valence-corrected chi connectivity index (χ0v) is 9.74. The molecule has 0 aliphatic carbocycles. The van der Waals surface area contributed by atoms with Crippen LogP contribution in [-0.2, 0) is 4.79 Å². The highest BCUT2D eigenvalue weighted by Gasteiger charge is 2.19. The molecule has 7 nitrogen and oxygen atoms in total. The van der Waals surface area contributed by atoms with Crippen LogP contribution in [0.15, 0.2) is 12.3 Å². The lowest BCUT2D eigenvalue weighted by Gasteiger charge is -2.33. The molecule has 1 aromatic rings. The summed E-state index contributed by atoms with van der Waals surface area (Å²) in [7, 11) is 0. The van der Waals surface area contributed by atoms with Crippen molar-refractivity contribution in [2.45, 2.75) is 0 Å². The fourth-order valence-electron chi connectivity index (χ4n) is 1.89. The van der Waals surface area contributed by atoms with Crippen molar-refractivity contribution in [3.63, 3.8) is 0 Å². The van der Waals surface area contributed by atoms with Crippen LogP contribution in [0.2, 0.25) is 0 Å². The number of hydrogen-bond acceptors (Lipinski definition) is 5. The van der Waals surface area contributed by atoms with E-state index in [2.05, 4.69) is 4.98 Å². The number of hydrogen-bond donors (Lipinski definition) is 2. The van der Waals surface area contributed by atoms with E-state index >= 15 is 0 Å². The van der Waals surface area contributed by atoms with E-state index in [1.165, 1.54) is 12.3 Å². The molecule has 0 unspecified atom stereocenters. The molecule has 0 atom stereocenters. The second kappa shape index (κ2) is 4.91. The van der Waals surface area contributed by atoms with Gasteiger partial charge in [0.1, 0.15) is 0 Å². The van der Waals surface area contributed by atoms with Crippen molar-refractivity contribution >= 4 is 23.9 Å². The topological polar surface area (TPSA) is 99.8 Å². The maximum atomic E-state index is 10.8. The summed E-state index contributed by atoms with van der Waals surface area (Å²) in [6.07, 6.45) is 2.11. The van der Waals surface area contributed by atoms with E-state index in [1.807, 2.05) is 4.90 Å². The van der Waals surface area contributed by atoms with E-state index in [9.17, 15) is 9.59 Å². The van der Waals surface area contributed by atoms with Crippen LogP contribution in [0.4, 0.5) is 11.5 Å². The van der Waals surface area contributed by atoms with Crippen LogP contribution in [0, 0.1) is 0 Å². The van der Waals surface area contributed by atoms with Crippen molar-refractivity contribution in [1.82, 2.24) is 9.88 Å².